The van der Waals surface area contributed by atoms with Crippen LogP contribution < -0.4 is 67.2 Å². The average Bonchev–Trinajstić information content (AvgIpc) is 1.52. The van der Waals surface area contributed by atoms with Gasteiger partial charge in [-0.1, -0.05) is 0 Å². The summed E-state index contributed by atoms with van der Waals surface area (Å²) in [4.78, 5) is 35.3. The van der Waals surface area contributed by atoms with Crippen LogP contribution in [0.4, 0.5) is 4.79 Å². The number of carbonyl (C=O) groups excluding carboxylic acids is 1. The number of nitrogens with two attached hydrogens (primary N) is 2. The van der Waals surface area contributed by atoms with Crippen LogP contribution in [0.2, 0.25) is 0 Å². The number of hydrogen-bond acceptors (Lipinski definition) is 7. The molecule has 2 amide bonds. The number of nitrogens with one attached hydrogen (secondary N) is 2. The molecule has 11 N–H and O–H groups in total. The van der Waals surface area contributed by atoms with E-state index < -0.39 is 19.8 Å². The van der Waals surface area contributed by atoms with Gasteiger partial charge in [0.1, 0.15) is 0 Å². The summed E-state index contributed by atoms with van der Waals surface area (Å²) in [5.41, 5.74) is 9.19. The van der Waals surface area contributed by atoms with Crippen molar-refractivity contribution < 1.29 is 59.1 Å². The molecule has 17 heavy (non-hydrogen) atoms. The van der Waals surface area contributed by atoms with Crippen molar-refractivity contribution in [1.82, 2.24) is 11.5 Å². The van der Waals surface area contributed by atoms with Crippen molar-refractivity contribution >= 4 is 66.8 Å². The van der Waals surface area contributed by atoms with E-state index in [1.165, 1.54) is 0 Å². The van der Waals surface area contributed by atoms with E-state index in [1.807, 2.05) is 0 Å². The number of carbonyl (C=O) groups is 1. The zero-order valence-corrected chi connectivity index (χ0v) is 13.1. The molecule has 0 aliphatic heterocycles. The molecule has 0 aromatic rings. The van der Waals surface area contributed by atoms with Gasteiger partial charge in [-0.15, -0.1) is 0 Å². The van der Waals surface area contributed by atoms with Gasteiger partial charge in [-0.05, 0) is 0 Å². The molecule has 0 spiro atoms. The van der Waals surface area contributed by atoms with Gasteiger partial charge in [0.25, 0.3) is 0 Å². The van der Waals surface area contributed by atoms with Crippen molar-refractivity contribution in [3.05, 3.63) is 0 Å². The van der Waals surface area contributed by atoms with Gasteiger partial charge in [-0.3, -0.25) is 10.7 Å². The van der Waals surface area contributed by atoms with E-state index in [-0.39, 0.29) is 88.1 Å². The second-order valence-corrected chi connectivity index (χ2v) is 2.24. The molecule has 11 nitrogen and oxygen atoms in total. The summed E-state index contributed by atoms with van der Waals surface area (Å²) in [6.07, 6.45) is 0. The van der Waals surface area contributed by atoms with Gasteiger partial charge in [0.05, 0.1) is 0 Å². The number of guanidine groups is 1. The molecular weight excluding hydrogens is 387 g/mol. The molecule has 0 saturated carbocycles. The van der Waals surface area contributed by atoms with Crippen molar-refractivity contribution in [2.24, 2.45) is 11.5 Å². The fourth-order valence-electron chi connectivity index (χ4n) is 0.133. The molecule has 0 aliphatic rings. The van der Waals surface area contributed by atoms with E-state index >= 15 is 0 Å². The van der Waals surface area contributed by atoms with E-state index in [4.69, 9.17) is 24.7 Å². The predicted octanol–water partition coefficient (Wildman–Crippen LogP) is -8.91. The summed E-state index contributed by atoms with van der Waals surface area (Å²) < 4.78 is 8.55. The molecular formula is C2H15MgN5NaO6PSn. The third kappa shape index (κ3) is 143. The van der Waals surface area contributed by atoms with Crippen LogP contribution in [0.1, 0.15) is 0 Å². The second-order valence-electron chi connectivity index (χ2n) is 1.35. The number of hydrogen-bond donors (Lipinski definition) is 5. The SMILES string of the molecule is N=C(N)NC(N)=O.O=P([O-])([O-])[O-].[Mg+2].[NH4+].[Na+].[OH-].[SnH4]. The molecule has 0 aromatic carbocycles. The Hall–Kier alpha value is 1.33. The Bertz CT molecular complexity index is 208. The van der Waals surface area contributed by atoms with Gasteiger partial charge in [-0.25, -0.2) is 4.79 Å². The molecule has 15 heteroatoms. The number of amides is 2. The first-order valence-corrected chi connectivity index (χ1v) is 3.72. The van der Waals surface area contributed by atoms with Gasteiger partial charge < -0.3 is 42.3 Å². The van der Waals surface area contributed by atoms with Crippen molar-refractivity contribution in [2.45, 2.75) is 0 Å². The fraction of sp³-hybridized carbons (Fsp3) is 0. The zero-order valence-electron chi connectivity index (χ0n) is 8.80. The van der Waals surface area contributed by atoms with E-state index in [1.54, 1.807) is 5.32 Å². The van der Waals surface area contributed by atoms with Crippen LogP contribution in [0.25, 0.3) is 0 Å². The molecule has 0 atom stereocenters. The quantitative estimate of drug-likeness (QED) is 0.113. The Morgan fingerprint density at radius 2 is 1.41 bits per heavy atom. The van der Waals surface area contributed by atoms with E-state index in [0.717, 1.165) is 0 Å². The molecule has 0 aliphatic carbocycles. The number of quaternary nitrogens is 1. The number of primary amides is 1. The van der Waals surface area contributed by atoms with Crippen molar-refractivity contribution in [3.8, 4) is 0 Å². The van der Waals surface area contributed by atoms with E-state index in [2.05, 4.69) is 11.5 Å². The van der Waals surface area contributed by atoms with E-state index in [0.29, 0.717) is 0 Å². The Balaban J connectivity index is -0.0000000187. The number of urea groups is 1. The molecule has 0 aromatic heterocycles. The van der Waals surface area contributed by atoms with Gasteiger partial charge in [0.15, 0.2) is 5.96 Å². The molecule has 0 fully saturated rings. The third-order valence-corrected chi connectivity index (χ3v) is 0.258. The van der Waals surface area contributed by atoms with Crippen LogP contribution in [0.3, 0.4) is 0 Å². The van der Waals surface area contributed by atoms with Gasteiger partial charge in [-0.2, -0.15) is 7.82 Å². The summed E-state index contributed by atoms with van der Waals surface area (Å²) >= 11 is 0. The molecule has 0 saturated heterocycles. The van der Waals surface area contributed by atoms with E-state index in [9.17, 15) is 4.79 Å². The molecule has 96 valence electrons. The minimum atomic E-state index is -5.39. The second kappa shape index (κ2) is 22.5. The first-order chi connectivity index (χ1) is 5.13. The first kappa shape index (κ1) is 42.9. The summed E-state index contributed by atoms with van der Waals surface area (Å²) in [6.45, 7) is 0. The van der Waals surface area contributed by atoms with Crippen LogP contribution in [0.15, 0.2) is 0 Å². The number of phosphoric acid groups is 1. The minimum absolute atomic E-state index is 0. The molecule has 0 rings (SSSR count). The van der Waals surface area contributed by atoms with Crippen molar-refractivity contribution in [3.63, 3.8) is 0 Å². The monoisotopic (exact) mass is 403 g/mol. The van der Waals surface area contributed by atoms with Crippen LogP contribution in [0, 0.1) is 5.41 Å². The predicted molar refractivity (Wildman–Crippen MR) is 57.2 cm³/mol. The van der Waals surface area contributed by atoms with Gasteiger partial charge in [0.2, 0.25) is 0 Å². The first-order valence-electron chi connectivity index (χ1n) is 2.26. The topological polar surface area (TPSA) is 258 Å². The fourth-order valence-corrected chi connectivity index (χ4v) is 0.133. The maximum atomic E-state index is 9.70. The molecule has 0 bridgehead atoms. The zero-order chi connectivity index (χ0) is 10.4. The number of rotatable bonds is 0. The Labute approximate surface area is 152 Å². The summed E-state index contributed by atoms with van der Waals surface area (Å²) in [7, 11) is -5.39. The molecule has 0 radical (unpaired) electrons. The standard InChI is InChI=1S/C2H6N4O.Mg.H3N.Na.H3O4P.H2O.Sn.4H/c3-1(4)6-2(5)7;;;;1-5(2,3)4;;;;;;/h(H6,3,4,5,6,7);;1H3;;(H3,1,2,3,4);1H2;;;;;/q;+2;;+1;;;;;;;/p-3. The Morgan fingerprint density at radius 1 is 1.24 bits per heavy atom. The van der Waals surface area contributed by atoms with Crippen molar-refractivity contribution in [2.75, 3.05) is 0 Å². The van der Waals surface area contributed by atoms with Crippen LogP contribution in [0.5, 0.6) is 0 Å². The Kier molecular flexibility index (Phi) is 56.8. The summed E-state index contributed by atoms with van der Waals surface area (Å²) in [6, 6.07) is -0.812. The molecule has 0 unspecified atom stereocenters. The van der Waals surface area contributed by atoms with Crippen LogP contribution in [-0.4, -0.2) is 64.4 Å². The summed E-state index contributed by atoms with van der Waals surface area (Å²) in [5, 5.41) is 8.20. The normalized spacial score (nSPS) is 6.53. The van der Waals surface area contributed by atoms with Crippen molar-refractivity contribution in [1.29, 1.82) is 5.41 Å². The Morgan fingerprint density at radius 3 is 1.41 bits per heavy atom. The average molecular weight is 402 g/mol. The van der Waals surface area contributed by atoms with Gasteiger partial charge >= 0.3 is 82.5 Å². The van der Waals surface area contributed by atoms with Crippen LogP contribution in [-0.2, 0) is 4.57 Å². The third-order valence-electron chi connectivity index (χ3n) is 0.258. The molecule has 0 heterocycles. The maximum absolute atomic E-state index is 9.70. The summed E-state index contributed by atoms with van der Waals surface area (Å²) in [5.74, 6) is -0.437. The van der Waals surface area contributed by atoms with Gasteiger partial charge in [0, 0.05) is 0 Å². The van der Waals surface area contributed by atoms with Crippen LogP contribution >= 0.6 is 7.82 Å².